The zero-order valence-corrected chi connectivity index (χ0v) is 6.88. The Hall–Kier alpha value is -1.04. The maximum Gasteiger partial charge on any atom is -0.0181 e. The Kier molecular flexibility index (Phi) is 3.46. The molecule has 0 unspecified atom stereocenters. The summed E-state index contributed by atoms with van der Waals surface area (Å²) in [6.45, 7) is 2.05. The summed E-state index contributed by atoms with van der Waals surface area (Å²) in [6, 6.07) is 11.2. The Labute approximate surface area is 68.6 Å². The van der Waals surface area contributed by atoms with Gasteiger partial charge in [0, 0.05) is 0 Å². The first-order valence-electron chi connectivity index (χ1n) is 3.99. The highest BCUT2D eigenvalue weighted by Gasteiger charge is 1.86. The van der Waals surface area contributed by atoms with Crippen molar-refractivity contribution in [3.63, 3.8) is 0 Å². The molecule has 0 bridgehead atoms. The Morgan fingerprint density at radius 2 is 2.45 bits per heavy atom. The fourth-order valence-corrected chi connectivity index (χ4v) is 1.00. The maximum atomic E-state index is 3.06. The summed E-state index contributed by atoms with van der Waals surface area (Å²) in [5.74, 6) is 0. The minimum Gasteiger partial charge on any atom is -0.0917 e. The number of allylic oxidation sites excluding steroid dienone is 2. The molecule has 0 heteroatoms. The van der Waals surface area contributed by atoms with Crippen LogP contribution in [0, 0.1) is 6.07 Å². The van der Waals surface area contributed by atoms with E-state index in [1.165, 1.54) is 5.56 Å². The highest BCUT2D eigenvalue weighted by molar-refractivity contribution is 5.14. The lowest BCUT2D eigenvalue weighted by Crippen LogP contribution is -1.80. The second kappa shape index (κ2) is 4.73. The molecule has 1 aromatic carbocycles. The van der Waals surface area contributed by atoms with Crippen LogP contribution in [0.3, 0.4) is 0 Å². The third-order valence-electron chi connectivity index (χ3n) is 1.61. The first-order chi connectivity index (χ1) is 5.43. The van der Waals surface area contributed by atoms with Crippen LogP contribution in [0.5, 0.6) is 0 Å². The topological polar surface area (TPSA) is 0 Å². The quantitative estimate of drug-likeness (QED) is 0.573. The molecule has 1 radical (unpaired) electrons. The minimum absolute atomic E-state index is 1.13. The van der Waals surface area contributed by atoms with Gasteiger partial charge in [-0.3, -0.25) is 0 Å². The zero-order valence-electron chi connectivity index (χ0n) is 6.88. The van der Waals surface area contributed by atoms with Crippen LogP contribution in [0.15, 0.2) is 36.4 Å². The monoisotopic (exact) mass is 145 g/mol. The van der Waals surface area contributed by atoms with Gasteiger partial charge in [-0.2, -0.15) is 0 Å². The van der Waals surface area contributed by atoms with Gasteiger partial charge in [0.1, 0.15) is 0 Å². The van der Waals surface area contributed by atoms with E-state index >= 15 is 0 Å². The van der Waals surface area contributed by atoms with E-state index in [2.05, 4.69) is 31.2 Å². The van der Waals surface area contributed by atoms with E-state index in [0.717, 1.165) is 12.8 Å². The van der Waals surface area contributed by atoms with Crippen LogP contribution in [0.4, 0.5) is 0 Å². The average molecular weight is 145 g/mol. The van der Waals surface area contributed by atoms with E-state index in [9.17, 15) is 0 Å². The summed E-state index contributed by atoms with van der Waals surface area (Å²) in [6.07, 6.45) is 6.54. The van der Waals surface area contributed by atoms with Crippen LogP contribution in [-0.2, 0) is 6.42 Å². The standard InChI is InChI=1S/C11H13/c1-2-3-5-8-11-9-6-4-7-10-11/h2-4,6,9-10H,5,8H2,1H3. The van der Waals surface area contributed by atoms with Gasteiger partial charge >= 0.3 is 0 Å². The molecule has 0 aliphatic rings. The lowest BCUT2D eigenvalue weighted by atomic mass is 10.1. The van der Waals surface area contributed by atoms with E-state index in [1.807, 2.05) is 18.2 Å². The molecule has 0 aliphatic carbocycles. The van der Waals surface area contributed by atoms with Crippen molar-refractivity contribution in [3.8, 4) is 0 Å². The van der Waals surface area contributed by atoms with Crippen molar-refractivity contribution in [1.29, 1.82) is 0 Å². The molecule has 0 saturated carbocycles. The van der Waals surface area contributed by atoms with Gasteiger partial charge in [0.05, 0.1) is 0 Å². The van der Waals surface area contributed by atoms with Gasteiger partial charge in [-0.05, 0) is 31.4 Å². The maximum absolute atomic E-state index is 3.06. The van der Waals surface area contributed by atoms with Crippen LogP contribution in [0.25, 0.3) is 0 Å². The molecule has 0 aromatic heterocycles. The molecule has 0 nitrogen and oxygen atoms in total. The van der Waals surface area contributed by atoms with Crippen molar-refractivity contribution in [2.75, 3.05) is 0 Å². The predicted molar refractivity (Wildman–Crippen MR) is 48.4 cm³/mol. The van der Waals surface area contributed by atoms with Gasteiger partial charge in [0.2, 0.25) is 0 Å². The zero-order chi connectivity index (χ0) is 7.94. The minimum atomic E-state index is 1.13. The van der Waals surface area contributed by atoms with Gasteiger partial charge in [-0.1, -0.05) is 36.4 Å². The molecule has 11 heavy (non-hydrogen) atoms. The Bertz CT molecular complexity index is 209. The largest absolute Gasteiger partial charge is 0.0917 e. The molecule has 0 N–H and O–H groups in total. The van der Waals surface area contributed by atoms with E-state index in [0.29, 0.717) is 0 Å². The Balaban J connectivity index is 2.39. The molecule has 1 aromatic rings. The van der Waals surface area contributed by atoms with Gasteiger partial charge in [-0.25, -0.2) is 0 Å². The molecule has 0 spiro atoms. The molecule has 0 aliphatic heterocycles. The molecular weight excluding hydrogens is 132 g/mol. The van der Waals surface area contributed by atoms with E-state index in [4.69, 9.17) is 0 Å². The Morgan fingerprint density at radius 3 is 3.09 bits per heavy atom. The molecule has 0 amide bonds. The van der Waals surface area contributed by atoms with Crippen LogP contribution < -0.4 is 0 Å². The summed E-state index contributed by atoms with van der Waals surface area (Å²) >= 11 is 0. The van der Waals surface area contributed by atoms with Gasteiger partial charge < -0.3 is 0 Å². The predicted octanol–water partition coefficient (Wildman–Crippen LogP) is 3.00. The first kappa shape index (κ1) is 8.06. The highest BCUT2D eigenvalue weighted by Crippen LogP contribution is 2.01. The van der Waals surface area contributed by atoms with Crippen LogP contribution in [0.1, 0.15) is 18.9 Å². The Morgan fingerprint density at radius 1 is 1.55 bits per heavy atom. The first-order valence-corrected chi connectivity index (χ1v) is 3.99. The average Bonchev–Trinajstić information content (AvgIpc) is 2.07. The SMILES string of the molecule is CC=CCCc1c[c]ccc1. The lowest BCUT2D eigenvalue weighted by molar-refractivity contribution is 0.999. The van der Waals surface area contributed by atoms with Gasteiger partial charge in [0.15, 0.2) is 0 Å². The molecule has 0 fully saturated rings. The number of hydrogen-bond donors (Lipinski definition) is 0. The van der Waals surface area contributed by atoms with Crippen LogP contribution >= 0.6 is 0 Å². The number of aryl methyl sites for hydroxylation is 1. The number of benzene rings is 1. The lowest BCUT2D eigenvalue weighted by Gasteiger charge is -1.94. The summed E-state index contributed by atoms with van der Waals surface area (Å²) in [5, 5.41) is 0. The number of hydrogen-bond acceptors (Lipinski definition) is 0. The summed E-state index contributed by atoms with van der Waals surface area (Å²) in [5.41, 5.74) is 1.37. The van der Waals surface area contributed by atoms with Crippen molar-refractivity contribution in [1.82, 2.24) is 0 Å². The van der Waals surface area contributed by atoms with Crippen molar-refractivity contribution in [2.24, 2.45) is 0 Å². The van der Waals surface area contributed by atoms with Crippen LogP contribution in [0.2, 0.25) is 0 Å². The van der Waals surface area contributed by atoms with Gasteiger partial charge in [-0.15, -0.1) is 0 Å². The summed E-state index contributed by atoms with van der Waals surface area (Å²) in [7, 11) is 0. The van der Waals surface area contributed by atoms with Crippen molar-refractivity contribution in [2.45, 2.75) is 19.8 Å². The summed E-state index contributed by atoms with van der Waals surface area (Å²) in [4.78, 5) is 0. The van der Waals surface area contributed by atoms with Crippen molar-refractivity contribution in [3.05, 3.63) is 48.0 Å². The van der Waals surface area contributed by atoms with Crippen molar-refractivity contribution >= 4 is 0 Å². The fourth-order valence-electron chi connectivity index (χ4n) is 1.00. The molecule has 0 atom stereocenters. The molecule has 0 saturated heterocycles. The van der Waals surface area contributed by atoms with Gasteiger partial charge in [0.25, 0.3) is 0 Å². The second-order valence-corrected chi connectivity index (χ2v) is 2.52. The summed E-state index contributed by atoms with van der Waals surface area (Å²) < 4.78 is 0. The van der Waals surface area contributed by atoms with E-state index < -0.39 is 0 Å². The third-order valence-corrected chi connectivity index (χ3v) is 1.61. The smallest absolute Gasteiger partial charge is 0.0181 e. The molecule has 1 rings (SSSR count). The highest BCUT2D eigenvalue weighted by atomic mass is 13.9. The second-order valence-electron chi connectivity index (χ2n) is 2.52. The van der Waals surface area contributed by atoms with E-state index in [-0.39, 0.29) is 0 Å². The van der Waals surface area contributed by atoms with Crippen molar-refractivity contribution < 1.29 is 0 Å². The third kappa shape index (κ3) is 3.03. The fraction of sp³-hybridized carbons (Fsp3) is 0.273. The molecular formula is C11H13. The molecule has 57 valence electrons. The van der Waals surface area contributed by atoms with Crippen LogP contribution in [-0.4, -0.2) is 0 Å². The normalized spacial score (nSPS) is 10.6. The number of rotatable bonds is 3. The van der Waals surface area contributed by atoms with E-state index in [1.54, 1.807) is 0 Å². The molecule has 0 heterocycles.